The highest BCUT2D eigenvalue weighted by molar-refractivity contribution is 5.81. The van der Waals surface area contributed by atoms with E-state index < -0.39 is 0 Å². The van der Waals surface area contributed by atoms with Gasteiger partial charge in [-0.2, -0.15) is 0 Å². The Kier molecular flexibility index (Phi) is 26.3. The first kappa shape index (κ1) is 31.7. The summed E-state index contributed by atoms with van der Waals surface area (Å²) in [7, 11) is 0. The first-order valence-electron chi connectivity index (χ1n) is 10.1. The normalized spacial score (nSPS) is 9.66. The molecule has 0 fully saturated rings. The molecule has 0 bridgehead atoms. The van der Waals surface area contributed by atoms with Crippen LogP contribution >= 0.6 is 0 Å². The molecule has 0 atom stereocenters. The van der Waals surface area contributed by atoms with Crippen molar-refractivity contribution in [1.82, 2.24) is 10.6 Å². The number of hydrogen-bond donors (Lipinski definition) is 3. The molecule has 0 aromatic carbocycles. The van der Waals surface area contributed by atoms with Crippen LogP contribution in [0.2, 0.25) is 0 Å². The molecule has 0 aromatic heterocycles. The van der Waals surface area contributed by atoms with Crippen molar-refractivity contribution in [1.29, 1.82) is 0 Å². The maximum Gasteiger partial charge on any atom is 0.290 e. The molecule has 0 aromatic rings. The number of carboxylic acid groups (broad SMARTS) is 1. The molecule has 0 aliphatic heterocycles. The van der Waals surface area contributed by atoms with Crippen molar-refractivity contribution < 1.29 is 33.8 Å². The number of rotatable bonds is 14. The fourth-order valence-corrected chi connectivity index (χ4v) is 1.58. The van der Waals surface area contributed by atoms with E-state index in [0.717, 1.165) is 0 Å². The number of hydrogen-bond acceptors (Lipinski definition) is 6. The fraction of sp³-hybridized carbons (Fsp3) is 0.800. The summed E-state index contributed by atoms with van der Waals surface area (Å²) < 4.78 is 10.5. The van der Waals surface area contributed by atoms with Crippen molar-refractivity contribution in [2.45, 2.75) is 54.4 Å². The van der Waals surface area contributed by atoms with Gasteiger partial charge in [0.1, 0.15) is 6.61 Å². The van der Waals surface area contributed by atoms with E-state index in [2.05, 4.69) is 10.6 Å². The van der Waals surface area contributed by atoms with Crippen LogP contribution < -0.4 is 10.6 Å². The third-order valence-corrected chi connectivity index (χ3v) is 3.23. The lowest BCUT2D eigenvalue weighted by Gasteiger charge is -2.09. The molecule has 0 rings (SSSR count). The second-order valence-corrected chi connectivity index (χ2v) is 6.29. The molecule has 0 radical (unpaired) electrons. The predicted molar refractivity (Wildman–Crippen MR) is 112 cm³/mol. The SMILES string of the molecule is CC.CC(C)C(=O)COCCOCCNC(=O)CCCNC(=O)C(C)C.O=CO. The summed E-state index contributed by atoms with van der Waals surface area (Å²) in [6.07, 6.45) is 0.988. The summed E-state index contributed by atoms with van der Waals surface area (Å²) >= 11 is 0. The minimum Gasteiger partial charge on any atom is -0.483 e. The van der Waals surface area contributed by atoms with Crippen LogP contribution in [0.3, 0.4) is 0 Å². The third-order valence-electron chi connectivity index (χ3n) is 3.23. The van der Waals surface area contributed by atoms with Crippen LogP contribution in [0.15, 0.2) is 0 Å². The van der Waals surface area contributed by atoms with Gasteiger partial charge in [-0.25, -0.2) is 0 Å². The van der Waals surface area contributed by atoms with Crippen LogP contribution in [-0.4, -0.2) is 68.7 Å². The predicted octanol–water partition coefficient (Wildman–Crippen LogP) is 1.64. The minimum atomic E-state index is -0.250. The van der Waals surface area contributed by atoms with Gasteiger partial charge in [-0.15, -0.1) is 0 Å². The summed E-state index contributed by atoms with van der Waals surface area (Å²) in [6, 6.07) is 0. The Bertz CT molecular complexity index is 427. The van der Waals surface area contributed by atoms with Crippen LogP contribution in [0.1, 0.15) is 54.4 Å². The third kappa shape index (κ3) is 26.0. The topological polar surface area (TPSA) is 131 Å². The number of carbonyl (C=O) groups is 4. The van der Waals surface area contributed by atoms with Crippen molar-refractivity contribution in [3.63, 3.8) is 0 Å². The van der Waals surface area contributed by atoms with Crippen LogP contribution in [-0.2, 0) is 28.7 Å². The van der Waals surface area contributed by atoms with Gasteiger partial charge in [0.2, 0.25) is 11.8 Å². The lowest BCUT2D eigenvalue weighted by atomic mass is 10.1. The average molecular weight is 421 g/mol. The van der Waals surface area contributed by atoms with Gasteiger partial charge < -0.3 is 25.2 Å². The van der Waals surface area contributed by atoms with Crippen LogP contribution in [0.5, 0.6) is 0 Å². The van der Waals surface area contributed by atoms with E-state index in [1.165, 1.54) is 0 Å². The number of Topliss-reactive ketones (excluding diaryl/α,β-unsaturated/α-hetero) is 1. The van der Waals surface area contributed by atoms with Gasteiger partial charge in [0.15, 0.2) is 5.78 Å². The Morgan fingerprint density at radius 1 is 0.897 bits per heavy atom. The van der Waals surface area contributed by atoms with Gasteiger partial charge in [-0.1, -0.05) is 41.5 Å². The van der Waals surface area contributed by atoms with Gasteiger partial charge in [0.25, 0.3) is 6.47 Å². The molecule has 3 N–H and O–H groups in total. The highest BCUT2D eigenvalue weighted by atomic mass is 16.5. The molecular formula is C20H40N2O7. The quantitative estimate of drug-likeness (QED) is 0.287. The summed E-state index contributed by atoms with van der Waals surface area (Å²) in [5.74, 6) is -0.0348. The van der Waals surface area contributed by atoms with E-state index in [0.29, 0.717) is 45.8 Å². The van der Waals surface area contributed by atoms with Crippen molar-refractivity contribution in [2.75, 3.05) is 39.5 Å². The highest BCUT2D eigenvalue weighted by Gasteiger charge is 2.07. The lowest BCUT2D eigenvalue weighted by Crippen LogP contribution is -2.31. The number of carbonyl (C=O) groups excluding carboxylic acids is 3. The monoisotopic (exact) mass is 420 g/mol. The van der Waals surface area contributed by atoms with E-state index >= 15 is 0 Å². The van der Waals surface area contributed by atoms with Crippen LogP contribution in [0, 0.1) is 11.8 Å². The van der Waals surface area contributed by atoms with Gasteiger partial charge >= 0.3 is 0 Å². The molecule has 0 spiro atoms. The Hall–Kier alpha value is -2.00. The van der Waals surface area contributed by atoms with Gasteiger partial charge in [-0.3, -0.25) is 19.2 Å². The molecule has 172 valence electrons. The Labute approximate surface area is 174 Å². The average Bonchev–Trinajstić information content (AvgIpc) is 2.68. The largest absolute Gasteiger partial charge is 0.483 e. The van der Waals surface area contributed by atoms with E-state index in [9.17, 15) is 14.4 Å². The fourth-order valence-electron chi connectivity index (χ4n) is 1.58. The molecule has 0 saturated heterocycles. The molecule has 2 amide bonds. The summed E-state index contributed by atoms with van der Waals surface area (Å²) in [4.78, 5) is 42.5. The maximum atomic E-state index is 11.6. The molecule has 0 unspecified atom stereocenters. The standard InChI is InChI=1S/C17H32N2O5.C2H6.CH2O2/c1-13(2)15(20)12-24-11-10-23-9-8-18-16(21)6-5-7-19-17(22)14(3)4;1-2;2-1-3/h13-14H,5-12H2,1-4H3,(H,18,21)(H,19,22);1-2H3;1H,(H,2,3). The van der Waals surface area contributed by atoms with Crippen molar-refractivity contribution >= 4 is 24.1 Å². The molecule has 0 aliphatic rings. The van der Waals surface area contributed by atoms with E-state index in [1.807, 2.05) is 41.5 Å². The first-order valence-corrected chi connectivity index (χ1v) is 10.1. The highest BCUT2D eigenvalue weighted by Crippen LogP contribution is 1.94. The van der Waals surface area contributed by atoms with E-state index in [1.54, 1.807) is 0 Å². The van der Waals surface area contributed by atoms with Gasteiger partial charge in [0.05, 0.1) is 19.8 Å². The summed E-state index contributed by atoms with van der Waals surface area (Å²) in [5, 5.41) is 12.4. The number of nitrogens with one attached hydrogen (secondary N) is 2. The zero-order chi connectivity index (χ0) is 23.1. The Balaban J connectivity index is -0.00000123. The molecule has 9 nitrogen and oxygen atoms in total. The minimum absolute atomic E-state index is 0.00104. The first-order chi connectivity index (χ1) is 13.8. The number of ether oxygens (including phenoxy) is 2. The Morgan fingerprint density at radius 2 is 1.45 bits per heavy atom. The van der Waals surface area contributed by atoms with Crippen LogP contribution in [0.25, 0.3) is 0 Å². The molecule has 0 heterocycles. The number of amides is 2. The molecule has 0 aliphatic carbocycles. The lowest BCUT2D eigenvalue weighted by molar-refractivity contribution is -0.127. The van der Waals surface area contributed by atoms with Crippen LogP contribution in [0.4, 0.5) is 0 Å². The summed E-state index contributed by atoms with van der Waals surface area (Å²) in [6.45, 7) is 13.3. The molecular weight excluding hydrogens is 380 g/mol. The van der Waals surface area contributed by atoms with E-state index in [-0.39, 0.29) is 42.5 Å². The maximum absolute atomic E-state index is 11.6. The van der Waals surface area contributed by atoms with Gasteiger partial charge in [0, 0.05) is 31.3 Å². The second kappa shape index (κ2) is 24.0. The smallest absolute Gasteiger partial charge is 0.290 e. The molecule has 0 saturated carbocycles. The Morgan fingerprint density at radius 3 is 1.97 bits per heavy atom. The molecule has 9 heteroatoms. The van der Waals surface area contributed by atoms with E-state index in [4.69, 9.17) is 19.4 Å². The zero-order valence-corrected chi connectivity index (χ0v) is 18.8. The van der Waals surface area contributed by atoms with Gasteiger partial charge in [-0.05, 0) is 6.42 Å². The van der Waals surface area contributed by atoms with Crippen molar-refractivity contribution in [2.24, 2.45) is 11.8 Å². The van der Waals surface area contributed by atoms with Crippen molar-refractivity contribution in [3.8, 4) is 0 Å². The number of ketones is 1. The zero-order valence-electron chi connectivity index (χ0n) is 18.8. The van der Waals surface area contributed by atoms with Crippen molar-refractivity contribution in [3.05, 3.63) is 0 Å². The summed E-state index contributed by atoms with van der Waals surface area (Å²) in [5.41, 5.74) is 0. The molecule has 29 heavy (non-hydrogen) atoms. The second-order valence-electron chi connectivity index (χ2n) is 6.29.